The van der Waals surface area contributed by atoms with Gasteiger partial charge < -0.3 is 10.4 Å². The normalized spacial score (nSPS) is 11.1. The number of amides is 1. The summed E-state index contributed by atoms with van der Waals surface area (Å²) in [6.07, 6.45) is 1.14. The van der Waals surface area contributed by atoms with Crippen LogP contribution in [0.25, 0.3) is 0 Å². The summed E-state index contributed by atoms with van der Waals surface area (Å²) in [5.74, 6) is -0.514. The van der Waals surface area contributed by atoms with E-state index in [9.17, 15) is 18.3 Å². The Labute approximate surface area is 119 Å². The van der Waals surface area contributed by atoms with Crippen molar-refractivity contribution in [2.45, 2.75) is 11.1 Å². The molecule has 0 aliphatic carbocycles. The summed E-state index contributed by atoms with van der Waals surface area (Å²) in [5.41, 5.74) is 0.0713. The van der Waals surface area contributed by atoms with E-state index in [1.54, 1.807) is 12.1 Å². The van der Waals surface area contributed by atoms with Gasteiger partial charge >= 0.3 is 0 Å². The van der Waals surface area contributed by atoms with E-state index in [0.717, 1.165) is 17.5 Å². The van der Waals surface area contributed by atoms with Gasteiger partial charge in [0.05, 0.1) is 11.9 Å². The van der Waals surface area contributed by atoms with Gasteiger partial charge in [-0.3, -0.25) is 9.52 Å². The predicted octanol–water partition coefficient (Wildman–Crippen LogP) is 1.61. The minimum Gasteiger partial charge on any atom is -0.506 e. The van der Waals surface area contributed by atoms with Gasteiger partial charge in [0.15, 0.2) is 9.34 Å². The van der Waals surface area contributed by atoms with Crippen LogP contribution in [-0.2, 0) is 14.8 Å². The molecule has 0 radical (unpaired) electrons. The maximum atomic E-state index is 12.1. The molecular weight excluding hydrogens is 302 g/mol. The Morgan fingerprint density at radius 2 is 2.05 bits per heavy atom. The number of thiazole rings is 1. The van der Waals surface area contributed by atoms with Crippen LogP contribution >= 0.6 is 11.3 Å². The maximum Gasteiger partial charge on any atom is 0.273 e. The molecule has 0 aliphatic rings. The van der Waals surface area contributed by atoms with Crippen LogP contribution in [0.5, 0.6) is 5.75 Å². The highest BCUT2D eigenvalue weighted by atomic mass is 32.2. The van der Waals surface area contributed by atoms with Crippen molar-refractivity contribution in [1.29, 1.82) is 0 Å². The second kappa shape index (κ2) is 5.47. The van der Waals surface area contributed by atoms with Crippen molar-refractivity contribution in [3.63, 3.8) is 0 Å². The van der Waals surface area contributed by atoms with Crippen molar-refractivity contribution in [1.82, 2.24) is 4.98 Å². The Hall–Kier alpha value is -2.13. The van der Waals surface area contributed by atoms with Crippen molar-refractivity contribution in [3.05, 3.63) is 30.5 Å². The number of carbonyl (C=O) groups is 1. The summed E-state index contributed by atoms with van der Waals surface area (Å²) >= 11 is 0.818. The fourth-order valence-electron chi connectivity index (χ4n) is 1.35. The van der Waals surface area contributed by atoms with Gasteiger partial charge in [0.1, 0.15) is 5.75 Å². The molecular formula is C11H11N3O4S2. The Morgan fingerprint density at radius 1 is 1.35 bits per heavy atom. The van der Waals surface area contributed by atoms with Crippen LogP contribution in [0.4, 0.5) is 10.8 Å². The molecule has 0 aliphatic heterocycles. The Morgan fingerprint density at radius 3 is 2.70 bits per heavy atom. The number of nitrogens with zero attached hydrogens (tertiary/aromatic N) is 1. The van der Waals surface area contributed by atoms with Gasteiger partial charge in [-0.15, -0.1) is 0 Å². The molecule has 0 saturated carbocycles. The first kappa shape index (κ1) is 14.3. The van der Waals surface area contributed by atoms with Gasteiger partial charge in [-0.1, -0.05) is 23.5 Å². The second-order valence-corrected chi connectivity index (χ2v) is 6.73. The van der Waals surface area contributed by atoms with Crippen LogP contribution in [-0.4, -0.2) is 24.4 Å². The lowest BCUT2D eigenvalue weighted by Crippen LogP contribution is -2.11. The Bertz CT molecular complexity index is 740. The molecule has 0 atom stereocenters. The van der Waals surface area contributed by atoms with Crippen molar-refractivity contribution < 1.29 is 18.3 Å². The lowest BCUT2D eigenvalue weighted by atomic mass is 10.3. The standard InChI is InChI=1S/C11H11N3O4S2/c1-7(15)13-11-12-6-10(19-11)20(17,18)14-8-4-2-3-5-9(8)16/h2-6,14,16H,1H3,(H,12,13,15). The number of nitrogens with one attached hydrogen (secondary N) is 2. The number of sulfonamides is 1. The zero-order valence-corrected chi connectivity index (χ0v) is 12.0. The lowest BCUT2D eigenvalue weighted by molar-refractivity contribution is -0.114. The van der Waals surface area contributed by atoms with Crippen molar-refractivity contribution in [3.8, 4) is 5.75 Å². The molecule has 0 spiro atoms. The van der Waals surface area contributed by atoms with Crippen LogP contribution in [0.15, 0.2) is 34.7 Å². The number of hydrogen-bond donors (Lipinski definition) is 3. The van der Waals surface area contributed by atoms with Crippen LogP contribution in [0, 0.1) is 0 Å². The third kappa shape index (κ3) is 3.25. The highest BCUT2D eigenvalue weighted by molar-refractivity contribution is 7.94. The number of carbonyl (C=O) groups excluding carboxylic acids is 1. The van der Waals surface area contributed by atoms with E-state index in [-0.39, 0.29) is 26.7 Å². The smallest absolute Gasteiger partial charge is 0.273 e. The molecule has 7 nitrogen and oxygen atoms in total. The van der Waals surface area contributed by atoms with Crippen molar-refractivity contribution in [2.75, 3.05) is 10.0 Å². The van der Waals surface area contributed by atoms with Gasteiger partial charge in [0.25, 0.3) is 10.0 Å². The first-order chi connectivity index (χ1) is 9.38. The molecule has 1 heterocycles. The number of hydrogen-bond acceptors (Lipinski definition) is 6. The summed E-state index contributed by atoms with van der Waals surface area (Å²) in [7, 11) is -3.86. The van der Waals surface area contributed by atoms with E-state index >= 15 is 0 Å². The summed E-state index contributed by atoms with van der Waals surface area (Å²) < 4.78 is 26.4. The predicted molar refractivity (Wildman–Crippen MR) is 75.3 cm³/mol. The molecule has 20 heavy (non-hydrogen) atoms. The van der Waals surface area contributed by atoms with Gasteiger partial charge in [-0.2, -0.15) is 0 Å². The zero-order chi connectivity index (χ0) is 14.8. The molecule has 0 unspecified atom stereocenters. The minimum absolute atomic E-state index is 0.0653. The summed E-state index contributed by atoms with van der Waals surface area (Å²) in [6.45, 7) is 1.30. The number of aromatic nitrogens is 1. The Balaban J connectivity index is 2.25. The van der Waals surface area contributed by atoms with E-state index in [2.05, 4.69) is 15.0 Å². The van der Waals surface area contributed by atoms with E-state index < -0.39 is 10.0 Å². The largest absolute Gasteiger partial charge is 0.506 e. The number of aromatic hydroxyl groups is 1. The van der Waals surface area contributed by atoms with E-state index in [4.69, 9.17) is 0 Å². The average Bonchev–Trinajstić information content (AvgIpc) is 2.80. The molecule has 2 rings (SSSR count). The quantitative estimate of drug-likeness (QED) is 0.743. The van der Waals surface area contributed by atoms with E-state index in [1.807, 2.05) is 0 Å². The van der Waals surface area contributed by atoms with Crippen molar-refractivity contribution in [2.24, 2.45) is 0 Å². The third-order valence-electron chi connectivity index (χ3n) is 2.18. The first-order valence-electron chi connectivity index (χ1n) is 5.43. The summed E-state index contributed by atoms with van der Waals surface area (Å²) in [5, 5.41) is 12.1. The number of phenolic OH excluding ortho intramolecular Hbond substituents is 1. The Kier molecular flexibility index (Phi) is 3.91. The zero-order valence-electron chi connectivity index (χ0n) is 10.3. The topological polar surface area (TPSA) is 108 Å². The molecule has 1 aromatic heterocycles. The van der Waals surface area contributed by atoms with E-state index in [1.165, 1.54) is 19.1 Å². The van der Waals surface area contributed by atoms with Crippen LogP contribution in [0.3, 0.4) is 0 Å². The fourth-order valence-corrected chi connectivity index (χ4v) is 3.50. The molecule has 0 saturated heterocycles. The molecule has 2 aromatic rings. The summed E-state index contributed by atoms with van der Waals surface area (Å²) in [6, 6.07) is 5.97. The van der Waals surface area contributed by atoms with Gasteiger partial charge in [0, 0.05) is 6.92 Å². The number of para-hydroxylation sites is 2. The summed E-state index contributed by atoms with van der Waals surface area (Å²) in [4.78, 5) is 14.7. The fraction of sp³-hybridized carbons (Fsp3) is 0.0909. The average molecular weight is 313 g/mol. The van der Waals surface area contributed by atoms with Crippen LogP contribution in [0.2, 0.25) is 0 Å². The van der Waals surface area contributed by atoms with Gasteiger partial charge in [-0.05, 0) is 12.1 Å². The number of rotatable bonds is 4. The molecule has 106 valence electrons. The third-order valence-corrected chi connectivity index (χ3v) is 4.92. The number of benzene rings is 1. The van der Waals surface area contributed by atoms with Crippen LogP contribution in [0.1, 0.15) is 6.92 Å². The lowest BCUT2D eigenvalue weighted by Gasteiger charge is -2.07. The number of phenols is 1. The molecule has 9 heteroatoms. The molecule has 1 aromatic carbocycles. The monoisotopic (exact) mass is 313 g/mol. The van der Waals surface area contributed by atoms with Gasteiger partial charge in [0.2, 0.25) is 5.91 Å². The molecule has 0 fully saturated rings. The highest BCUT2D eigenvalue weighted by Gasteiger charge is 2.19. The maximum absolute atomic E-state index is 12.1. The first-order valence-corrected chi connectivity index (χ1v) is 7.73. The van der Waals surface area contributed by atoms with Gasteiger partial charge in [-0.25, -0.2) is 13.4 Å². The highest BCUT2D eigenvalue weighted by Crippen LogP contribution is 2.28. The second-order valence-electron chi connectivity index (χ2n) is 3.79. The van der Waals surface area contributed by atoms with E-state index in [0.29, 0.717) is 0 Å². The van der Waals surface area contributed by atoms with Crippen LogP contribution < -0.4 is 10.0 Å². The van der Waals surface area contributed by atoms with Crippen molar-refractivity contribution >= 4 is 38.1 Å². The SMILES string of the molecule is CC(=O)Nc1ncc(S(=O)(=O)Nc2ccccc2O)s1. The molecule has 3 N–H and O–H groups in total. The number of anilines is 2. The molecule has 1 amide bonds. The minimum atomic E-state index is -3.86. The molecule has 0 bridgehead atoms.